The fraction of sp³-hybridized carbons (Fsp3) is 0.375. The molecule has 10 heteroatoms. The van der Waals surface area contributed by atoms with E-state index in [1.807, 2.05) is 19.1 Å². The number of amides is 2. The van der Waals surface area contributed by atoms with E-state index in [4.69, 9.17) is 4.74 Å². The number of sulfonamides is 1. The van der Waals surface area contributed by atoms with Gasteiger partial charge in [-0.3, -0.25) is 13.9 Å². The first-order chi connectivity index (χ1) is 20.2. The molecule has 1 saturated carbocycles. The van der Waals surface area contributed by atoms with Crippen LogP contribution in [-0.2, 0) is 26.2 Å². The topological polar surface area (TPSA) is 96.0 Å². The summed E-state index contributed by atoms with van der Waals surface area (Å²) < 4.78 is 47.6. The van der Waals surface area contributed by atoms with Gasteiger partial charge in [0.25, 0.3) is 10.0 Å². The first-order valence-corrected chi connectivity index (χ1v) is 15.7. The van der Waals surface area contributed by atoms with Crippen LogP contribution in [0.1, 0.15) is 51.0 Å². The van der Waals surface area contributed by atoms with Crippen LogP contribution < -0.4 is 14.4 Å². The Kier molecular flexibility index (Phi) is 10.6. The van der Waals surface area contributed by atoms with E-state index < -0.39 is 34.3 Å². The van der Waals surface area contributed by atoms with Crippen molar-refractivity contribution in [1.29, 1.82) is 0 Å². The predicted octanol–water partition coefficient (Wildman–Crippen LogP) is 5.29. The van der Waals surface area contributed by atoms with Gasteiger partial charge in [-0.1, -0.05) is 56.5 Å². The van der Waals surface area contributed by atoms with E-state index in [2.05, 4.69) is 5.32 Å². The fourth-order valence-corrected chi connectivity index (χ4v) is 6.68. The smallest absolute Gasteiger partial charge is 0.264 e. The molecule has 0 saturated heterocycles. The Bertz CT molecular complexity index is 1430. The van der Waals surface area contributed by atoms with Gasteiger partial charge in [0.1, 0.15) is 24.2 Å². The Hall–Kier alpha value is -3.92. The molecule has 2 amide bonds. The maximum absolute atomic E-state index is 14.1. The van der Waals surface area contributed by atoms with Crippen LogP contribution in [0.4, 0.5) is 10.1 Å². The Morgan fingerprint density at radius 3 is 2.19 bits per heavy atom. The van der Waals surface area contributed by atoms with Gasteiger partial charge < -0.3 is 15.0 Å². The zero-order chi connectivity index (χ0) is 30.1. The summed E-state index contributed by atoms with van der Waals surface area (Å²) in [6.45, 7) is 1.34. The number of halogens is 1. The highest BCUT2D eigenvalue weighted by molar-refractivity contribution is 7.92. The second-order valence-electron chi connectivity index (χ2n) is 10.4. The molecule has 1 aliphatic carbocycles. The maximum atomic E-state index is 14.1. The number of anilines is 1. The third-order valence-corrected chi connectivity index (χ3v) is 9.36. The van der Waals surface area contributed by atoms with Gasteiger partial charge in [-0.15, -0.1) is 0 Å². The molecule has 1 fully saturated rings. The molecule has 4 rings (SSSR count). The van der Waals surface area contributed by atoms with Gasteiger partial charge in [-0.2, -0.15) is 0 Å². The van der Waals surface area contributed by atoms with Crippen LogP contribution in [0.2, 0.25) is 0 Å². The van der Waals surface area contributed by atoms with E-state index >= 15 is 0 Å². The van der Waals surface area contributed by atoms with Crippen molar-refractivity contribution in [3.8, 4) is 5.75 Å². The summed E-state index contributed by atoms with van der Waals surface area (Å²) in [6.07, 6.45) is 5.34. The lowest BCUT2D eigenvalue weighted by molar-refractivity contribution is -0.140. The number of nitrogens with one attached hydrogen (secondary N) is 1. The minimum atomic E-state index is -4.21. The van der Waals surface area contributed by atoms with Crippen LogP contribution in [0.5, 0.6) is 5.75 Å². The van der Waals surface area contributed by atoms with Crippen molar-refractivity contribution in [3.63, 3.8) is 0 Å². The lowest BCUT2D eigenvalue weighted by atomic mass is 9.95. The van der Waals surface area contributed by atoms with E-state index in [1.54, 1.807) is 37.4 Å². The van der Waals surface area contributed by atoms with Crippen molar-refractivity contribution >= 4 is 27.5 Å². The predicted molar refractivity (Wildman–Crippen MR) is 160 cm³/mol. The maximum Gasteiger partial charge on any atom is 0.264 e. The summed E-state index contributed by atoms with van der Waals surface area (Å²) in [5.41, 5.74) is 0.894. The summed E-state index contributed by atoms with van der Waals surface area (Å²) in [5, 5.41) is 3.13. The highest BCUT2D eigenvalue weighted by Crippen LogP contribution is 2.26. The van der Waals surface area contributed by atoms with Crippen LogP contribution in [0, 0.1) is 5.82 Å². The molecular formula is C32H38FN3O5S. The van der Waals surface area contributed by atoms with E-state index in [-0.39, 0.29) is 29.1 Å². The first-order valence-electron chi connectivity index (χ1n) is 14.3. The van der Waals surface area contributed by atoms with Crippen molar-refractivity contribution in [1.82, 2.24) is 10.2 Å². The van der Waals surface area contributed by atoms with Crippen LogP contribution >= 0.6 is 0 Å². The largest absolute Gasteiger partial charge is 0.497 e. The summed E-state index contributed by atoms with van der Waals surface area (Å²) in [5.74, 6) is -0.699. The van der Waals surface area contributed by atoms with Crippen molar-refractivity contribution in [2.24, 2.45) is 0 Å². The molecule has 0 bridgehead atoms. The average Bonchev–Trinajstić information content (AvgIpc) is 3.01. The quantitative estimate of drug-likeness (QED) is 0.307. The van der Waals surface area contributed by atoms with Crippen LogP contribution in [0.25, 0.3) is 0 Å². The van der Waals surface area contributed by atoms with E-state index in [0.717, 1.165) is 54.1 Å². The number of hydrogen-bond donors (Lipinski definition) is 1. The number of ether oxygens (including phenoxy) is 1. The van der Waals surface area contributed by atoms with Crippen LogP contribution in [0.15, 0.2) is 83.8 Å². The first kappa shape index (κ1) is 31.0. The molecule has 3 aromatic carbocycles. The second-order valence-corrected chi connectivity index (χ2v) is 12.3. The molecule has 8 nitrogen and oxygen atoms in total. The SMILES string of the molecule is CCC(C(=O)NC1CCCCC1)N(Cc1ccc(OC)cc1)C(=O)CN(c1ccc(F)cc1)S(=O)(=O)c1ccccc1. The molecule has 3 aromatic rings. The molecule has 0 aliphatic heterocycles. The molecule has 1 N–H and O–H groups in total. The van der Waals surface area contributed by atoms with Gasteiger partial charge in [0.2, 0.25) is 11.8 Å². The highest BCUT2D eigenvalue weighted by atomic mass is 32.2. The Morgan fingerprint density at radius 1 is 0.952 bits per heavy atom. The molecule has 0 heterocycles. The van der Waals surface area contributed by atoms with Gasteiger partial charge in [-0.25, -0.2) is 12.8 Å². The standard InChI is InChI=1S/C32H38FN3O5S/c1-3-30(32(38)34-26-10-6-4-7-11-26)35(22-24-14-20-28(41-2)21-15-24)31(37)23-36(27-18-16-25(33)17-19-27)42(39,40)29-12-8-5-9-13-29/h5,8-9,12-21,26,30H,3-4,6-7,10-11,22-23H2,1-2H3,(H,34,38). The van der Waals surface area contributed by atoms with Crippen LogP contribution in [0.3, 0.4) is 0 Å². The molecule has 0 spiro atoms. The minimum absolute atomic E-state index is 0.00841. The zero-order valence-electron chi connectivity index (χ0n) is 24.0. The van der Waals surface area contributed by atoms with Crippen molar-refractivity contribution < 1.29 is 27.1 Å². The number of hydrogen-bond acceptors (Lipinski definition) is 5. The molecule has 1 aliphatic rings. The monoisotopic (exact) mass is 595 g/mol. The Morgan fingerprint density at radius 2 is 1.60 bits per heavy atom. The van der Waals surface area contributed by atoms with Crippen molar-refractivity contribution in [2.75, 3.05) is 18.0 Å². The minimum Gasteiger partial charge on any atom is -0.497 e. The Labute approximate surface area is 247 Å². The summed E-state index contributed by atoms with van der Waals surface area (Å²) in [7, 11) is -2.65. The number of rotatable bonds is 12. The third kappa shape index (κ3) is 7.67. The average molecular weight is 596 g/mol. The Balaban J connectivity index is 1.69. The molecule has 224 valence electrons. The van der Waals surface area contributed by atoms with Crippen molar-refractivity contribution in [3.05, 3.63) is 90.2 Å². The molecule has 1 unspecified atom stereocenters. The lowest BCUT2D eigenvalue weighted by Gasteiger charge is -2.34. The molecule has 42 heavy (non-hydrogen) atoms. The van der Waals surface area contributed by atoms with Gasteiger partial charge in [0.15, 0.2) is 0 Å². The van der Waals surface area contributed by atoms with E-state index in [9.17, 15) is 22.4 Å². The second kappa shape index (κ2) is 14.3. The fourth-order valence-electron chi connectivity index (χ4n) is 5.25. The van der Waals surface area contributed by atoms with Gasteiger partial charge in [-0.05, 0) is 73.4 Å². The normalized spacial score (nSPS) is 14.5. The molecule has 0 radical (unpaired) electrons. The molecule has 0 aromatic heterocycles. The third-order valence-electron chi connectivity index (χ3n) is 7.57. The van der Waals surface area contributed by atoms with E-state index in [0.29, 0.717) is 12.2 Å². The van der Waals surface area contributed by atoms with E-state index in [1.165, 1.54) is 29.2 Å². The van der Waals surface area contributed by atoms with Gasteiger partial charge >= 0.3 is 0 Å². The number of methoxy groups -OCH3 is 1. The molecular weight excluding hydrogens is 557 g/mol. The number of carbonyl (C=O) groups excluding carboxylic acids is 2. The zero-order valence-corrected chi connectivity index (χ0v) is 24.9. The lowest BCUT2D eigenvalue weighted by Crippen LogP contribution is -2.54. The number of nitrogens with zero attached hydrogens (tertiary/aromatic N) is 2. The van der Waals surface area contributed by atoms with Gasteiger partial charge in [0.05, 0.1) is 17.7 Å². The number of carbonyl (C=O) groups is 2. The highest BCUT2D eigenvalue weighted by Gasteiger charge is 2.34. The molecule has 1 atom stereocenters. The number of benzene rings is 3. The van der Waals surface area contributed by atoms with Crippen LogP contribution in [-0.4, -0.2) is 50.9 Å². The van der Waals surface area contributed by atoms with Gasteiger partial charge in [0, 0.05) is 12.6 Å². The summed E-state index contributed by atoms with van der Waals surface area (Å²) in [4.78, 5) is 29.2. The van der Waals surface area contributed by atoms with Crippen molar-refractivity contribution in [2.45, 2.75) is 69.0 Å². The summed E-state index contributed by atoms with van der Waals surface area (Å²) >= 11 is 0. The summed E-state index contributed by atoms with van der Waals surface area (Å²) in [6, 6.07) is 19.1.